The number of nitrogens with zero attached hydrogens (tertiary/aromatic N) is 2. The van der Waals surface area contributed by atoms with Crippen molar-refractivity contribution in [2.24, 2.45) is 11.3 Å². The number of carboxylic acids is 1. The minimum absolute atomic E-state index is 0.0591. The quantitative estimate of drug-likeness (QED) is 0.741. The van der Waals surface area contributed by atoms with Gasteiger partial charge in [-0.3, -0.25) is 14.9 Å². The van der Waals surface area contributed by atoms with E-state index in [0.717, 1.165) is 0 Å². The van der Waals surface area contributed by atoms with Crippen molar-refractivity contribution in [3.63, 3.8) is 0 Å². The van der Waals surface area contributed by atoms with E-state index in [1.54, 1.807) is 27.7 Å². The average Bonchev–Trinajstić information content (AvgIpc) is 2.32. The molecule has 0 aromatic rings. The summed E-state index contributed by atoms with van der Waals surface area (Å²) in [4.78, 5) is 35.8. The van der Waals surface area contributed by atoms with Crippen LogP contribution in [0.5, 0.6) is 0 Å². The van der Waals surface area contributed by atoms with Crippen molar-refractivity contribution >= 4 is 17.9 Å². The van der Waals surface area contributed by atoms with Gasteiger partial charge in [0.05, 0.1) is 18.4 Å². The van der Waals surface area contributed by atoms with Gasteiger partial charge in [0, 0.05) is 19.5 Å². The summed E-state index contributed by atoms with van der Waals surface area (Å²) >= 11 is 0. The van der Waals surface area contributed by atoms with Gasteiger partial charge in [-0.2, -0.15) is 5.26 Å². The third-order valence-electron chi connectivity index (χ3n) is 2.90. The molecular weight excluding hydrogens is 274 g/mol. The smallest absolute Gasteiger partial charge is 0.324 e. The zero-order valence-electron chi connectivity index (χ0n) is 13.0. The van der Waals surface area contributed by atoms with Gasteiger partial charge in [0.1, 0.15) is 0 Å². The van der Waals surface area contributed by atoms with Crippen LogP contribution in [0.15, 0.2) is 0 Å². The zero-order valence-corrected chi connectivity index (χ0v) is 13.0. The Hall–Kier alpha value is -2.10. The van der Waals surface area contributed by atoms with E-state index in [1.165, 1.54) is 4.90 Å². The fraction of sp³-hybridized carbons (Fsp3) is 0.714. The Labute approximate surface area is 124 Å². The molecule has 0 aromatic heterocycles. The van der Waals surface area contributed by atoms with Crippen molar-refractivity contribution in [1.82, 2.24) is 10.2 Å². The predicted octanol–water partition coefficient (Wildman–Crippen LogP) is 1.60. The standard InChI is InChI=1S/C14H23N3O4/c1-5-17(9-10(2)8-15)13(21)16-11(18)6-14(3,4)7-12(19)20/h10H,5-7,9H2,1-4H3,(H,19,20)(H,16,18,21). The van der Waals surface area contributed by atoms with E-state index in [4.69, 9.17) is 10.4 Å². The zero-order chi connectivity index (χ0) is 16.6. The second kappa shape index (κ2) is 8.25. The van der Waals surface area contributed by atoms with E-state index in [2.05, 4.69) is 5.32 Å². The van der Waals surface area contributed by atoms with Gasteiger partial charge in [-0.25, -0.2) is 4.79 Å². The van der Waals surface area contributed by atoms with Crippen molar-refractivity contribution < 1.29 is 19.5 Å². The van der Waals surface area contributed by atoms with Gasteiger partial charge in [0.15, 0.2) is 0 Å². The summed E-state index contributed by atoms with van der Waals surface area (Å²) in [6, 6.07) is 1.47. The minimum atomic E-state index is -0.989. The van der Waals surface area contributed by atoms with Crippen LogP contribution >= 0.6 is 0 Å². The number of rotatable bonds is 7. The minimum Gasteiger partial charge on any atom is -0.481 e. The highest BCUT2D eigenvalue weighted by molar-refractivity contribution is 5.94. The monoisotopic (exact) mass is 297 g/mol. The maximum Gasteiger partial charge on any atom is 0.324 e. The lowest BCUT2D eigenvalue weighted by Gasteiger charge is -2.24. The molecule has 0 spiro atoms. The van der Waals surface area contributed by atoms with Crippen molar-refractivity contribution in [3.8, 4) is 6.07 Å². The molecule has 0 fully saturated rings. The van der Waals surface area contributed by atoms with Crippen molar-refractivity contribution in [3.05, 3.63) is 0 Å². The lowest BCUT2D eigenvalue weighted by molar-refractivity contribution is -0.139. The number of urea groups is 1. The lowest BCUT2D eigenvalue weighted by Crippen LogP contribution is -2.45. The van der Waals surface area contributed by atoms with Crippen LogP contribution in [0.1, 0.15) is 40.5 Å². The van der Waals surface area contributed by atoms with E-state index in [0.29, 0.717) is 6.54 Å². The van der Waals surface area contributed by atoms with E-state index >= 15 is 0 Å². The normalized spacial score (nSPS) is 12.1. The number of carboxylic acid groups (broad SMARTS) is 1. The number of hydrogen-bond acceptors (Lipinski definition) is 4. The first-order chi connectivity index (χ1) is 9.61. The molecule has 0 radical (unpaired) electrons. The highest BCUT2D eigenvalue weighted by Crippen LogP contribution is 2.24. The van der Waals surface area contributed by atoms with Crippen molar-refractivity contribution in [1.29, 1.82) is 5.26 Å². The molecular formula is C14H23N3O4. The Bertz CT molecular complexity index is 440. The van der Waals surface area contributed by atoms with Crippen LogP contribution in [0.4, 0.5) is 4.79 Å². The van der Waals surface area contributed by atoms with Gasteiger partial charge in [-0.05, 0) is 19.3 Å². The van der Waals surface area contributed by atoms with Gasteiger partial charge >= 0.3 is 12.0 Å². The van der Waals surface area contributed by atoms with Crippen LogP contribution < -0.4 is 5.32 Å². The van der Waals surface area contributed by atoms with Crippen LogP contribution in [0.3, 0.4) is 0 Å². The first kappa shape index (κ1) is 18.9. The molecule has 0 aliphatic heterocycles. The van der Waals surface area contributed by atoms with Gasteiger partial charge < -0.3 is 10.0 Å². The Balaban J connectivity index is 4.52. The molecule has 0 rings (SSSR count). The van der Waals surface area contributed by atoms with E-state index in [9.17, 15) is 14.4 Å². The number of carbonyl (C=O) groups is 3. The van der Waals surface area contributed by atoms with Crippen LogP contribution in [0.2, 0.25) is 0 Å². The van der Waals surface area contributed by atoms with Crippen LogP contribution in [0, 0.1) is 22.7 Å². The lowest BCUT2D eigenvalue weighted by atomic mass is 9.85. The Morgan fingerprint density at radius 2 is 1.90 bits per heavy atom. The van der Waals surface area contributed by atoms with Gasteiger partial charge in [0.25, 0.3) is 0 Å². The maximum absolute atomic E-state index is 11.9. The van der Waals surface area contributed by atoms with E-state index in [-0.39, 0.29) is 25.3 Å². The summed E-state index contributed by atoms with van der Waals surface area (Å²) in [6.07, 6.45) is -0.214. The van der Waals surface area contributed by atoms with E-state index in [1.807, 2.05) is 6.07 Å². The number of nitriles is 1. The third-order valence-corrected chi connectivity index (χ3v) is 2.90. The second-order valence-corrected chi connectivity index (χ2v) is 5.83. The van der Waals surface area contributed by atoms with Crippen LogP contribution in [-0.2, 0) is 9.59 Å². The number of aliphatic carboxylic acids is 1. The molecule has 0 heterocycles. The highest BCUT2D eigenvalue weighted by Gasteiger charge is 2.27. The Morgan fingerprint density at radius 1 is 1.33 bits per heavy atom. The summed E-state index contributed by atoms with van der Waals surface area (Å²) < 4.78 is 0. The molecule has 0 saturated heterocycles. The molecule has 7 nitrogen and oxygen atoms in total. The van der Waals surface area contributed by atoms with Gasteiger partial charge in [-0.15, -0.1) is 0 Å². The summed E-state index contributed by atoms with van der Waals surface area (Å²) in [5, 5.41) is 19.7. The summed E-state index contributed by atoms with van der Waals surface area (Å²) in [7, 11) is 0. The SMILES string of the molecule is CCN(CC(C)C#N)C(=O)NC(=O)CC(C)(C)CC(=O)O. The number of hydrogen-bond donors (Lipinski definition) is 2. The molecule has 118 valence electrons. The second-order valence-electron chi connectivity index (χ2n) is 5.83. The number of carbonyl (C=O) groups excluding carboxylic acids is 2. The Kier molecular flexibility index (Phi) is 7.42. The first-order valence-corrected chi connectivity index (χ1v) is 6.81. The molecule has 3 amide bonds. The van der Waals surface area contributed by atoms with Crippen LogP contribution in [0.25, 0.3) is 0 Å². The topological polar surface area (TPSA) is 111 Å². The van der Waals surface area contributed by atoms with Crippen LogP contribution in [-0.4, -0.2) is 41.0 Å². The predicted molar refractivity (Wildman–Crippen MR) is 76.2 cm³/mol. The molecule has 2 N–H and O–H groups in total. The highest BCUT2D eigenvalue weighted by atomic mass is 16.4. The summed E-state index contributed by atoms with van der Waals surface area (Å²) in [5.74, 6) is -1.83. The Morgan fingerprint density at radius 3 is 2.33 bits per heavy atom. The average molecular weight is 297 g/mol. The number of imide groups is 1. The fourth-order valence-corrected chi connectivity index (χ4v) is 1.88. The molecule has 0 aliphatic rings. The molecule has 0 aromatic carbocycles. The number of amides is 3. The van der Waals surface area contributed by atoms with Crippen molar-refractivity contribution in [2.75, 3.05) is 13.1 Å². The molecule has 21 heavy (non-hydrogen) atoms. The number of nitrogens with one attached hydrogen (secondary N) is 1. The van der Waals surface area contributed by atoms with Crippen molar-refractivity contribution in [2.45, 2.75) is 40.5 Å². The molecule has 0 aliphatic carbocycles. The molecule has 0 saturated carbocycles. The summed E-state index contributed by atoms with van der Waals surface area (Å²) in [5.41, 5.74) is -0.729. The van der Waals surface area contributed by atoms with E-state index < -0.39 is 23.3 Å². The molecule has 7 heteroatoms. The molecule has 0 bridgehead atoms. The fourth-order valence-electron chi connectivity index (χ4n) is 1.88. The first-order valence-electron chi connectivity index (χ1n) is 6.81. The molecule has 1 atom stereocenters. The maximum atomic E-state index is 11.9. The third kappa shape index (κ3) is 7.92. The molecule has 1 unspecified atom stereocenters. The van der Waals surface area contributed by atoms with Gasteiger partial charge in [-0.1, -0.05) is 13.8 Å². The largest absolute Gasteiger partial charge is 0.481 e. The van der Waals surface area contributed by atoms with Gasteiger partial charge in [0.2, 0.25) is 5.91 Å². The summed E-state index contributed by atoms with van der Waals surface area (Å²) in [6.45, 7) is 7.37.